The molecule has 0 aliphatic carbocycles. The molecule has 0 aromatic heterocycles. The van der Waals surface area contributed by atoms with E-state index in [4.69, 9.17) is 0 Å². The number of carbonyl (C=O) groups excluding carboxylic acids is 1. The van der Waals surface area contributed by atoms with Crippen molar-refractivity contribution in [2.45, 2.75) is 65.5 Å². The van der Waals surface area contributed by atoms with Gasteiger partial charge in [-0.2, -0.15) is 0 Å². The van der Waals surface area contributed by atoms with Gasteiger partial charge in [-0.3, -0.25) is 9.69 Å². The highest BCUT2D eigenvalue weighted by Crippen LogP contribution is 2.21. The SMILES string of the molecule is CCCC(C)CC(=O)NCC(CC)N1CCc2ccccc2C1. The summed E-state index contributed by atoms with van der Waals surface area (Å²) in [4.78, 5) is 14.6. The quantitative estimate of drug-likeness (QED) is 0.792. The van der Waals surface area contributed by atoms with Crippen molar-refractivity contribution in [3.8, 4) is 0 Å². The maximum absolute atomic E-state index is 12.1. The highest BCUT2D eigenvalue weighted by atomic mass is 16.1. The largest absolute Gasteiger partial charge is 0.355 e. The average molecular weight is 316 g/mol. The van der Waals surface area contributed by atoms with Crippen LogP contribution in [0.5, 0.6) is 0 Å². The first-order valence-electron chi connectivity index (χ1n) is 9.21. The molecule has 3 nitrogen and oxygen atoms in total. The van der Waals surface area contributed by atoms with Crippen molar-refractivity contribution in [2.24, 2.45) is 5.92 Å². The van der Waals surface area contributed by atoms with Gasteiger partial charge in [-0.25, -0.2) is 0 Å². The minimum atomic E-state index is 0.210. The first-order valence-corrected chi connectivity index (χ1v) is 9.21. The zero-order valence-electron chi connectivity index (χ0n) is 15.0. The summed E-state index contributed by atoms with van der Waals surface area (Å²) in [5.41, 5.74) is 2.93. The van der Waals surface area contributed by atoms with Crippen molar-refractivity contribution >= 4 is 5.91 Å². The van der Waals surface area contributed by atoms with Crippen LogP contribution in [0, 0.1) is 5.92 Å². The van der Waals surface area contributed by atoms with Gasteiger partial charge in [0.2, 0.25) is 5.91 Å². The Labute approximate surface area is 141 Å². The van der Waals surface area contributed by atoms with Gasteiger partial charge >= 0.3 is 0 Å². The van der Waals surface area contributed by atoms with Crippen LogP contribution in [-0.2, 0) is 17.8 Å². The van der Waals surface area contributed by atoms with E-state index in [1.165, 1.54) is 11.1 Å². The van der Waals surface area contributed by atoms with E-state index in [-0.39, 0.29) is 5.91 Å². The van der Waals surface area contributed by atoms with Crippen molar-refractivity contribution in [3.63, 3.8) is 0 Å². The third kappa shape index (κ3) is 5.35. The second-order valence-electron chi connectivity index (χ2n) is 6.95. The van der Waals surface area contributed by atoms with Crippen LogP contribution in [0.15, 0.2) is 24.3 Å². The van der Waals surface area contributed by atoms with Gasteiger partial charge in [-0.15, -0.1) is 0 Å². The van der Waals surface area contributed by atoms with Gasteiger partial charge in [0, 0.05) is 32.1 Å². The lowest BCUT2D eigenvalue weighted by atomic mass is 9.98. The number of carbonyl (C=O) groups is 1. The Bertz CT molecular complexity index is 500. The third-order valence-corrected chi connectivity index (χ3v) is 5.00. The molecule has 0 saturated heterocycles. The number of rotatable bonds is 8. The number of benzene rings is 1. The zero-order valence-corrected chi connectivity index (χ0v) is 15.0. The summed E-state index contributed by atoms with van der Waals surface area (Å²) in [6.07, 6.45) is 5.14. The third-order valence-electron chi connectivity index (χ3n) is 5.00. The molecule has 2 unspecified atom stereocenters. The molecule has 0 radical (unpaired) electrons. The molecule has 3 heteroatoms. The monoisotopic (exact) mass is 316 g/mol. The normalized spacial score (nSPS) is 17.3. The maximum Gasteiger partial charge on any atom is 0.220 e. The topological polar surface area (TPSA) is 32.3 Å². The minimum Gasteiger partial charge on any atom is -0.355 e. The number of nitrogens with one attached hydrogen (secondary N) is 1. The van der Waals surface area contributed by atoms with E-state index in [1.54, 1.807) is 0 Å². The molecule has 2 rings (SSSR count). The van der Waals surface area contributed by atoms with Crippen LogP contribution in [0.25, 0.3) is 0 Å². The standard InChI is InChI=1S/C20H32N2O/c1-4-8-16(3)13-20(23)21-14-19(5-2)22-12-11-17-9-6-7-10-18(17)15-22/h6-7,9-10,16,19H,4-5,8,11-15H2,1-3H3,(H,21,23). The molecule has 0 fully saturated rings. The number of hydrogen-bond acceptors (Lipinski definition) is 2. The van der Waals surface area contributed by atoms with E-state index in [9.17, 15) is 4.79 Å². The van der Waals surface area contributed by atoms with E-state index < -0.39 is 0 Å². The van der Waals surface area contributed by atoms with Gasteiger partial charge in [-0.1, -0.05) is 57.9 Å². The van der Waals surface area contributed by atoms with Gasteiger partial charge in [0.05, 0.1) is 0 Å². The fourth-order valence-electron chi connectivity index (χ4n) is 3.58. The molecule has 1 aliphatic heterocycles. The van der Waals surface area contributed by atoms with E-state index >= 15 is 0 Å². The highest BCUT2D eigenvalue weighted by Gasteiger charge is 2.22. The van der Waals surface area contributed by atoms with Crippen LogP contribution >= 0.6 is 0 Å². The van der Waals surface area contributed by atoms with E-state index in [0.717, 1.165) is 45.3 Å². The van der Waals surface area contributed by atoms with Crippen molar-refractivity contribution in [3.05, 3.63) is 35.4 Å². The second-order valence-corrected chi connectivity index (χ2v) is 6.95. The fraction of sp³-hybridized carbons (Fsp3) is 0.650. The van der Waals surface area contributed by atoms with Gasteiger partial charge in [0.1, 0.15) is 0 Å². The summed E-state index contributed by atoms with van der Waals surface area (Å²) in [7, 11) is 0. The fourth-order valence-corrected chi connectivity index (χ4v) is 3.58. The molecule has 0 saturated carbocycles. The molecular weight excluding hydrogens is 284 g/mol. The summed E-state index contributed by atoms with van der Waals surface area (Å²) < 4.78 is 0. The molecule has 1 aromatic carbocycles. The summed E-state index contributed by atoms with van der Waals surface area (Å²) in [6.45, 7) is 9.44. The molecule has 1 amide bonds. The van der Waals surface area contributed by atoms with Crippen LogP contribution in [-0.4, -0.2) is 29.9 Å². The van der Waals surface area contributed by atoms with Crippen molar-refractivity contribution in [2.75, 3.05) is 13.1 Å². The molecule has 1 aromatic rings. The molecule has 128 valence electrons. The van der Waals surface area contributed by atoms with Crippen LogP contribution in [0.2, 0.25) is 0 Å². The van der Waals surface area contributed by atoms with E-state index in [1.807, 2.05) is 0 Å². The molecule has 1 N–H and O–H groups in total. The molecule has 0 spiro atoms. The first-order chi connectivity index (χ1) is 11.1. The highest BCUT2D eigenvalue weighted by molar-refractivity contribution is 5.76. The van der Waals surface area contributed by atoms with Crippen LogP contribution in [0.4, 0.5) is 0 Å². The molecule has 23 heavy (non-hydrogen) atoms. The Morgan fingerprint density at radius 1 is 1.26 bits per heavy atom. The molecule has 1 aliphatic rings. The maximum atomic E-state index is 12.1. The summed E-state index contributed by atoms with van der Waals surface area (Å²) in [5.74, 6) is 0.698. The molecule has 2 atom stereocenters. The van der Waals surface area contributed by atoms with Crippen molar-refractivity contribution in [1.82, 2.24) is 10.2 Å². The average Bonchev–Trinajstić information content (AvgIpc) is 2.55. The summed E-state index contributed by atoms with van der Waals surface area (Å²) >= 11 is 0. The van der Waals surface area contributed by atoms with Crippen molar-refractivity contribution < 1.29 is 4.79 Å². The predicted octanol–water partition coefficient (Wildman–Crippen LogP) is 3.77. The van der Waals surface area contributed by atoms with Crippen molar-refractivity contribution in [1.29, 1.82) is 0 Å². The van der Waals surface area contributed by atoms with Crippen LogP contribution in [0.1, 0.15) is 57.6 Å². The number of hydrogen-bond donors (Lipinski definition) is 1. The second kappa shape index (κ2) is 9.07. The zero-order chi connectivity index (χ0) is 16.7. The smallest absolute Gasteiger partial charge is 0.220 e. The number of nitrogens with zero attached hydrogens (tertiary/aromatic N) is 1. The lowest BCUT2D eigenvalue weighted by molar-refractivity contribution is -0.122. The predicted molar refractivity (Wildman–Crippen MR) is 96.3 cm³/mol. The lowest BCUT2D eigenvalue weighted by Crippen LogP contribution is -2.45. The summed E-state index contributed by atoms with van der Waals surface area (Å²) in [6, 6.07) is 9.17. The number of fused-ring (bicyclic) bond motifs is 1. The molecule has 1 heterocycles. The minimum absolute atomic E-state index is 0.210. The molecule has 0 bridgehead atoms. The van der Waals surface area contributed by atoms with Crippen LogP contribution in [0.3, 0.4) is 0 Å². The Hall–Kier alpha value is -1.35. The van der Waals surface area contributed by atoms with E-state index in [2.05, 4.69) is 55.3 Å². The van der Waals surface area contributed by atoms with Gasteiger partial charge in [-0.05, 0) is 29.9 Å². The van der Waals surface area contributed by atoms with Gasteiger partial charge < -0.3 is 5.32 Å². The Balaban J connectivity index is 1.83. The van der Waals surface area contributed by atoms with E-state index in [0.29, 0.717) is 18.4 Å². The lowest BCUT2D eigenvalue weighted by Gasteiger charge is -2.35. The van der Waals surface area contributed by atoms with Crippen LogP contribution < -0.4 is 5.32 Å². The van der Waals surface area contributed by atoms with Gasteiger partial charge in [0.25, 0.3) is 0 Å². The molecular formula is C20H32N2O. The van der Waals surface area contributed by atoms with Gasteiger partial charge in [0.15, 0.2) is 0 Å². The Morgan fingerprint density at radius 3 is 2.70 bits per heavy atom. The number of amides is 1. The Kier molecular flexibility index (Phi) is 7.10. The Morgan fingerprint density at radius 2 is 2.00 bits per heavy atom. The summed E-state index contributed by atoms with van der Waals surface area (Å²) in [5, 5.41) is 3.16. The first kappa shape index (κ1) is 18.0.